The molecular weight excluding hydrogens is 250 g/mol. The first kappa shape index (κ1) is 16.9. The van der Waals surface area contributed by atoms with Crippen molar-refractivity contribution in [3.63, 3.8) is 0 Å². The minimum Gasteiger partial charge on any atom is -0.468 e. The molecule has 4 heteroatoms. The number of hydrogen-bond donors (Lipinski definition) is 0. The van der Waals surface area contributed by atoms with Crippen molar-refractivity contribution < 1.29 is 9.53 Å². The van der Waals surface area contributed by atoms with Crippen LogP contribution >= 0.6 is 12.4 Å². The third-order valence-corrected chi connectivity index (χ3v) is 2.82. The van der Waals surface area contributed by atoms with Gasteiger partial charge in [0.1, 0.15) is 6.04 Å². The molecule has 0 aliphatic carbocycles. The monoisotopic (exact) mass is 271 g/mol. The van der Waals surface area contributed by atoms with E-state index in [2.05, 4.69) is 12.1 Å². The normalized spacial score (nSPS) is 12.1. The Balaban J connectivity index is 0.00000289. The van der Waals surface area contributed by atoms with E-state index < -0.39 is 0 Å². The summed E-state index contributed by atoms with van der Waals surface area (Å²) in [6.45, 7) is 4.81. The zero-order valence-corrected chi connectivity index (χ0v) is 12.2. The second-order valence-corrected chi connectivity index (χ2v) is 4.61. The third-order valence-electron chi connectivity index (χ3n) is 2.82. The van der Waals surface area contributed by atoms with Crippen LogP contribution in [0, 0.1) is 5.92 Å². The second kappa shape index (κ2) is 8.11. The minimum absolute atomic E-state index is 0. The molecule has 0 heterocycles. The van der Waals surface area contributed by atoms with Crippen molar-refractivity contribution in [1.82, 2.24) is 4.90 Å². The Morgan fingerprint density at radius 2 is 1.83 bits per heavy atom. The van der Waals surface area contributed by atoms with E-state index in [-0.39, 0.29) is 30.3 Å². The smallest absolute Gasteiger partial charge is 0.323 e. The summed E-state index contributed by atoms with van der Waals surface area (Å²) in [5.41, 5.74) is 1.20. The quantitative estimate of drug-likeness (QED) is 0.772. The van der Waals surface area contributed by atoms with Crippen molar-refractivity contribution in [2.24, 2.45) is 5.92 Å². The van der Waals surface area contributed by atoms with Crippen LogP contribution in [-0.4, -0.2) is 31.1 Å². The molecule has 3 nitrogen and oxygen atoms in total. The number of halogens is 1. The molecule has 0 spiro atoms. The van der Waals surface area contributed by atoms with Crippen molar-refractivity contribution in [3.05, 3.63) is 35.9 Å². The molecule has 0 saturated heterocycles. The standard InChI is InChI=1S/C14H21NO2.ClH/c1-11(2)13(14(16)17-4)15(3)10-12-8-6-5-7-9-12;/h5-9,11,13H,10H2,1-4H3;1H. The summed E-state index contributed by atoms with van der Waals surface area (Å²) >= 11 is 0. The van der Waals surface area contributed by atoms with Gasteiger partial charge in [0.25, 0.3) is 0 Å². The zero-order chi connectivity index (χ0) is 12.8. The van der Waals surface area contributed by atoms with Crippen LogP contribution < -0.4 is 0 Å². The molecule has 1 aromatic carbocycles. The fourth-order valence-corrected chi connectivity index (χ4v) is 2.05. The molecule has 0 N–H and O–H groups in total. The fraction of sp³-hybridized carbons (Fsp3) is 0.500. The van der Waals surface area contributed by atoms with Crippen molar-refractivity contribution >= 4 is 18.4 Å². The van der Waals surface area contributed by atoms with E-state index in [4.69, 9.17) is 4.74 Å². The predicted molar refractivity (Wildman–Crippen MR) is 75.8 cm³/mol. The number of carbonyl (C=O) groups is 1. The van der Waals surface area contributed by atoms with E-state index in [1.165, 1.54) is 12.7 Å². The number of likely N-dealkylation sites (N-methyl/N-ethyl adjacent to an activating group) is 1. The van der Waals surface area contributed by atoms with E-state index in [0.29, 0.717) is 0 Å². The summed E-state index contributed by atoms with van der Waals surface area (Å²) < 4.78 is 4.85. The molecule has 1 unspecified atom stereocenters. The van der Waals surface area contributed by atoms with Crippen LogP contribution in [0.2, 0.25) is 0 Å². The minimum atomic E-state index is -0.194. The Morgan fingerprint density at radius 1 is 1.28 bits per heavy atom. The molecule has 0 aliphatic heterocycles. The second-order valence-electron chi connectivity index (χ2n) is 4.61. The van der Waals surface area contributed by atoms with E-state index in [0.717, 1.165) is 6.54 Å². The van der Waals surface area contributed by atoms with Crippen LogP contribution in [0.1, 0.15) is 19.4 Å². The van der Waals surface area contributed by atoms with Gasteiger partial charge in [0.2, 0.25) is 0 Å². The van der Waals surface area contributed by atoms with Gasteiger partial charge in [0.15, 0.2) is 0 Å². The van der Waals surface area contributed by atoms with E-state index in [1.807, 2.05) is 44.0 Å². The topological polar surface area (TPSA) is 29.5 Å². The molecule has 0 amide bonds. The lowest BCUT2D eigenvalue weighted by Crippen LogP contribution is -2.42. The highest BCUT2D eigenvalue weighted by Crippen LogP contribution is 2.14. The molecule has 18 heavy (non-hydrogen) atoms. The van der Waals surface area contributed by atoms with Crippen LogP contribution in [0.25, 0.3) is 0 Å². The predicted octanol–water partition coefficient (Wildman–Crippen LogP) is 2.74. The fourth-order valence-electron chi connectivity index (χ4n) is 2.05. The van der Waals surface area contributed by atoms with E-state index in [1.54, 1.807) is 0 Å². The Morgan fingerprint density at radius 3 is 2.28 bits per heavy atom. The lowest BCUT2D eigenvalue weighted by molar-refractivity contribution is -0.148. The Hall–Kier alpha value is -1.06. The Kier molecular flexibility index (Phi) is 7.64. The SMILES string of the molecule is COC(=O)C(C(C)C)N(C)Cc1ccccc1.Cl. The van der Waals surface area contributed by atoms with Gasteiger partial charge in [-0.2, -0.15) is 0 Å². The molecule has 0 radical (unpaired) electrons. The lowest BCUT2D eigenvalue weighted by atomic mass is 10.0. The summed E-state index contributed by atoms with van der Waals surface area (Å²) in [7, 11) is 3.39. The largest absolute Gasteiger partial charge is 0.468 e. The maximum Gasteiger partial charge on any atom is 0.323 e. The highest BCUT2D eigenvalue weighted by molar-refractivity contribution is 5.85. The summed E-state index contributed by atoms with van der Waals surface area (Å²) in [5.74, 6) is 0.0644. The van der Waals surface area contributed by atoms with Gasteiger partial charge in [0, 0.05) is 6.54 Å². The van der Waals surface area contributed by atoms with Gasteiger partial charge in [-0.05, 0) is 18.5 Å². The van der Waals surface area contributed by atoms with Crippen LogP contribution in [0.5, 0.6) is 0 Å². The highest BCUT2D eigenvalue weighted by atomic mass is 35.5. The van der Waals surface area contributed by atoms with Crippen LogP contribution in [0.15, 0.2) is 30.3 Å². The number of carbonyl (C=O) groups excluding carboxylic acids is 1. The summed E-state index contributed by atoms with van der Waals surface area (Å²) in [6, 6.07) is 9.93. The van der Waals surface area contributed by atoms with Crippen molar-refractivity contribution in [2.45, 2.75) is 26.4 Å². The van der Waals surface area contributed by atoms with Crippen molar-refractivity contribution in [3.8, 4) is 0 Å². The first-order chi connectivity index (χ1) is 8.06. The molecule has 0 aliphatic rings. The van der Waals surface area contributed by atoms with Crippen molar-refractivity contribution in [2.75, 3.05) is 14.2 Å². The van der Waals surface area contributed by atoms with E-state index in [9.17, 15) is 4.79 Å². The van der Waals surface area contributed by atoms with E-state index >= 15 is 0 Å². The zero-order valence-electron chi connectivity index (χ0n) is 11.4. The Labute approximate surface area is 116 Å². The number of rotatable bonds is 5. The summed E-state index contributed by atoms with van der Waals surface area (Å²) in [6.07, 6.45) is 0. The maximum absolute atomic E-state index is 11.7. The number of nitrogens with zero attached hydrogens (tertiary/aromatic N) is 1. The number of esters is 1. The molecule has 0 saturated carbocycles. The number of benzene rings is 1. The van der Waals surface area contributed by atoms with Gasteiger partial charge < -0.3 is 4.74 Å². The molecule has 0 aromatic heterocycles. The summed E-state index contributed by atoms with van der Waals surface area (Å²) in [4.78, 5) is 13.8. The molecule has 1 atom stereocenters. The number of methoxy groups -OCH3 is 1. The highest BCUT2D eigenvalue weighted by Gasteiger charge is 2.27. The average molecular weight is 272 g/mol. The van der Waals surface area contributed by atoms with Gasteiger partial charge in [-0.25, -0.2) is 0 Å². The van der Waals surface area contributed by atoms with Crippen molar-refractivity contribution in [1.29, 1.82) is 0 Å². The first-order valence-corrected chi connectivity index (χ1v) is 5.88. The lowest BCUT2D eigenvalue weighted by Gasteiger charge is -2.28. The Bertz CT molecular complexity index is 354. The van der Waals surface area contributed by atoms with Gasteiger partial charge in [-0.1, -0.05) is 44.2 Å². The van der Waals surface area contributed by atoms with Crippen LogP contribution in [0.3, 0.4) is 0 Å². The number of hydrogen-bond acceptors (Lipinski definition) is 3. The molecule has 1 rings (SSSR count). The third kappa shape index (κ3) is 4.67. The first-order valence-electron chi connectivity index (χ1n) is 5.88. The van der Waals surface area contributed by atoms with Crippen LogP contribution in [-0.2, 0) is 16.1 Å². The maximum atomic E-state index is 11.7. The molecule has 102 valence electrons. The van der Waals surface area contributed by atoms with Gasteiger partial charge in [-0.3, -0.25) is 9.69 Å². The molecule has 1 aromatic rings. The average Bonchev–Trinajstić information content (AvgIpc) is 2.29. The molecule has 0 bridgehead atoms. The van der Waals surface area contributed by atoms with Crippen LogP contribution in [0.4, 0.5) is 0 Å². The number of ether oxygens (including phenoxy) is 1. The summed E-state index contributed by atoms with van der Waals surface area (Å²) in [5, 5.41) is 0. The van der Waals surface area contributed by atoms with Gasteiger partial charge in [-0.15, -0.1) is 12.4 Å². The van der Waals surface area contributed by atoms with Gasteiger partial charge in [0.05, 0.1) is 7.11 Å². The molecular formula is C14H22ClNO2. The van der Waals surface area contributed by atoms with Gasteiger partial charge >= 0.3 is 5.97 Å². The molecule has 0 fully saturated rings.